The molecule has 0 aliphatic carbocycles. The van der Waals surface area contributed by atoms with Crippen LogP contribution in [-0.2, 0) is 11.3 Å². The van der Waals surface area contributed by atoms with Gasteiger partial charge in [0.15, 0.2) is 11.5 Å². The van der Waals surface area contributed by atoms with E-state index in [0.29, 0.717) is 16.9 Å². The van der Waals surface area contributed by atoms with Crippen molar-refractivity contribution < 1.29 is 23.8 Å². The zero-order valence-electron chi connectivity index (χ0n) is 13.2. The van der Waals surface area contributed by atoms with Gasteiger partial charge in [0.1, 0.15) is 5.82 Å². The fraction of sp³-hybridized carbons (Fsp3) is 0.111. The van der Waals surface area contributed by atoms with Gasteiger partial charge in [-0.15, -0.1) is 0 Å². The number of rotatable bonds is 4. The first-order valence-corrected chi connectivity index (χ1v) is 8.16. The minimum Gasteiger partial charge on any atom is -0.504 e. The Hall–Kier alpha value is -2.80. The number of imide groups is 1. The topological polar surface area (TPSA) is 66.8 Å². The van der Waals surface area contributed by atoms with Crippen molar-refractivity contribution in [1.29, 1.82) is 0 Å². The van der Waals surface area contributed by atoms with Gasteiger partial charge in [0.2, 0.25) is 0 Å². The second kappa shape index (κ2) is 6.98. The number of carbonyl (C=O) groups is 2. The maximum Gasteiger partial charge on any atom is 0.293 e. The third-order valence-corrected chi connectivity index (χ3v) is 4.54. The van der Waals surface area contributed by atoms with Gasteiger partial charge in [0.05, 0.1) is 18.6 Å². The molecule has 0 atom stereocenters. The lowest BCUT2D eigenvalue weighted by molar-refractivity contribution is -0.123. The molecular weight excluding hydrogens is 345 g/mol. The molecule has 1 fully saturated rings. The molecule has 128 valence electrons. The molecule has 1 aliphatic heterocycles. The summed E-state index contributed by atoms with van der Waals surface area (Å²) in [6.07, 6.45) is 1.54. The molecule has 3 rings (SSSR count). The molecule has 0 bridgehead atoms. The number of phenolic OH excluding ortho intramolecular Hbond substituents is 1. The van der Waals surface area contributed by atoms with Crippen LogP contribution in [0, 0.1) is 5.82 Å². The summed E-state index contributed by atoms with van der Waals surface area (Å²) in [6.45, 7) is 0.0795. The van der Waals surface area contributed by atoms with E-state index in [1.165, 1.54) is 43.5 Å². The van der Waals surface area contributed by atoms with Gasteiger partial charge in [-0.2, -0.15) is 0 Å². The van der Waals surface area contributed by atoms with Crippen LogP contribution in [0.3, 0.4) is 0 Å². The van der Waals surface area contributed by atoms with E-state index in [4.69, 9.17) is 4.74 Å². The third-order valence-electron chi connectivity index (χ3n) is 3.63. The summed E-state index contributed by atoms with van der Waals surface area (Å²) in [6, 6.07) is 10.3. The van der Waals surface area contributed by atoms with E-state index in [9.17, 15) is 19.1 Å². The number of nitrogens with zero attached hydrogens (tertiary/aromatic N) is 1. The molecule has 0 radical (unpaired) electrons. The highest BCUT2D eigenvalue weighted by molar-refractivity contribution is 8.18. The minimum atomic E-state index is -0.422. The molecule has 2 aromatic rings. The largest absolute Gasteiger partial charge is 0.504 e. The summed E-state index contributed by atoms with van der Waals surface area (Å²) >= 11 is 0.826. The van der Waals surface area contributed by atoms with Crippen molar-refractivity contribution in [2.75, 3.05) is 7.11 Å². The molecule has 0 spiro atoms. The van der Waals surface area contributed by atoms with Gasteiger partial charge in [-0.25, -0.2) is 4.39 Å². The van der Waals surface area contributed by atoms with Crippen molar-refractivity contribution in [3.8, 4) is 11.5 Å². The summed E-state index contributed by atoms with van der Waals surface area (Å²) < 4.78 is 17.9. The van der Waals surface area contributed by atoms with Crippen molar-refractivity contribution >= 4 is 29.0 Å². The van der Waals surface area contributed by atoms with E-state index in [1.807, 2.05) is 0 Å². The summed E-state index contributed by atoms with van der Waals surface area (Å²) in [7, 11) is 1.44. The van der Waals surface area contributed by atoms with Crippen molar-refractivity contribution in [2.24, 2.45) is 0 Å². The van der Waals surface area contributed by atoms with Crippen LogP contribution in [0.15, 0.2) is 47.4 Å². The Morgan fingerprint density at radius 1 is 1.20 bits per heavy atom. The molecule has 25 heavy (non-hydrogen) atoms. The number of halogens is 1. The Bertz CT molecular complexity index is 864. The number of hydrogen-bond acceptors (Lipinski definition) is 5. The Morgan fingerprint density at radius 2 is 1.92 bits per heavy atom. The highest BCUT2D eigenvalue weighted by Crippen LogP contribution is 2.34. The van der Waals surface area contributed by atoms with E-state index in [1.54, 1.807) is 12.1 Å². The lowest BCUT2D eigenvalue weighted by Crippen LogP contribution is -2.27. The summed E-state index contributed by atoms with van der Waals surface area (Å²) in [5, 5.41) is 9.41. The zero-order chi connectivity index (χ0) is 18.0. The normalized spacial score (nSPS) is 15.9. The lowest BCUT2D eigenvalue weighted by Gasteiger charge is -2.12. The first-order chi connectivity index (χ1) is 12.0. The second-order valence-corrected chi connectivity index (χ2v) is 6.32. The van der Waals surface area contributed by atoms with Crippen LogP contribution in [0.4, 0.5) is 9.18 Å². The molecule has 7 heteroatoms. The highest BCUT2D eigenvalue weighted by atomic mass is 32.2. The predicted molar refractivity (Wildman–Crippen MR) is 92.6 cm³/mol. The van der Waals surface area contributed by atoms with Crippen LogP contribution in [0.2, 0.25) is 0 Å². The summed E-state index contributed by atoms with van der Waals surface area (Å²) in [5.41, 5.74) is 1.23. The van der Waals surface area contributed by atoms with Crippen LogP contribution in [0.1, 0.15) is 11.1 Å². The fourth-order valence-electron chi connectivity index (χ4n) is 2.36. The van der Waals surface area contributed by atoms with Crippen LogP contribution in [-0.4, -0.2) is 28.3 Å². The van der Waals surface area contributed by atoms with Gasteiger partial charge in [-0.3, -0.25) is 14.5 Å². The SMILES string of the molecule is COc1ccc(/C=C2\SC(=O)N(Cc3ccc(F)cc3)C2=O)cc1O. The van der Waals surface area contributed by atoms with Crippen molar-refractivity contribution in [3.63, 3.8) is 0 Å². The number of aromatic hydroxyl groups is 1. The van der Waals surface area contributed by atoms with Crippen LogP contribution < -0.4 is 4.74 Å². The molecule has 1 heterocycles. The van der Waals surface area contributed by atoms with Gasteiger partial charge in [0.25, 0.3) is 11.1 Å². The average molecular weight is 359 g/mol. The molecule has 5 nitrogen and oxygen atoms in total. The van der Waals surface area contributed by atoms with Gasteiger partial charge < -0.3 is 9.84 Å². The zero-order valence-corrected chi connectivity index (χ0v) is 14.0. The van der Waals surface area contributed by atoms with Gasteiger partial charge in [-0.05, 0) is 53.2 Å². The highest BCUT2D eigenvalue weighted by Gasteiger charge is 2.35. The molecule has 1 aliphatic rings. The van der Waals surface area contributed by atoms with Crippen molar-refractivity contribution in [3.05, 3.63) is 64.3 Å². The fourth-order valence-corrected chi connectivity index (χ4v) is 3.20. The first-order valence-electron chi connectivity index (χ1n) is 7.35. The predicted octanol–water partition coefficient (Wildman–Crippen LogP) is 3.78. The number of carbonyl (C=O) groups excluding carboxylic acids is 2. The third kappa shape index (κ3) is 3.66. The molecule has 0 aromatic heterocycles. The molecule has 1 saturated heterocycles. The Kier molecular flexibility index (Phi) is 4.76. The monoisotopic (exact) mass is 359 g/mol. The standard InChI is InChI=1S/C18H14FNO4S/c1-24-15-7-4-12(8-14(15)21)9-16-17(22)20(18(23)25-16)10-11-2-5-13(19)6-3-11/h2-9,21H,10H2,1H3/b16-9-. The average Bonchev–Trinajstić information content (AvgIpc) is 2.84. The maximum atomic E-state index is 13.0. The minimum absolute atomic E-state index is 0.0539. The molecule has 2 aromatic carbocycles. The molecule has 0 unspecified atom stereocenters. The van der Waals surface area contributed by atoms with Crippen LogP contribution in [0.5, 0.6) is 11.5 Å². The van der Waals surface area contributed by atoms with E-state index in [-0.39, 0.29) is 23.0 Å². The number of phenols is 1. The Morgan fingerprint density at radius 3 is 2.56 bits per heavy atom. The van der Waals surface area contributed by atoms with E-state index in [0.717, 1.165) is 16.7 Å². The Balaban J connectivity index is 1.80. The molecular formula is C18H14FNO4S. The summed E-state index contributed by atoms with van der Waals surface area (Å²) in [5.74, 6) is -0.532. The molecule has 1 N–H and O–H groups in total. The summed E-state index contributed by atoms with van der Waals surface area (Å²) in [4.78, 5) is 25.9. The van der Waals surface area contributed by atoms with Crippen molar-refractivity contribution in [2.45, 2.75) is 6.54 Å². The number of benzene rings is 2. The van der Waals surface area contributed by atoms with Gasteiger partial charge in [0, 0.05) is 0 Å². The Labute approximate surface area is 147 Å². The second-order valence-electron chi connectivity index (χ2n) is 5.33. The number of ether oxygens (including phenoxy) is 1. The van der Waals surface area contributed by atoms with E-state index in [2.05, 4.69) is 0 Å². The number of hydrogen-bond donors (Lipinski definition) is 1. The quantitative estimate of drug-likeness (QED) is 0.842. The molecule has 0 saturated carbocycles. The lowest BCUT2D eigenvalue weighted by atomic mass is 10.1. The van der Waals surface area contributed by atoms with Crippen LogP contribution >= 0.6 is 11.8 Å². The molecule has 2 amide bonds. The van der Waals surface area contributed by atoms with E-state index >= 15 is 0 Å². The smallest absolute Gasteiger partial charge is 0.293 e. The van der Waals surface area contributed by atoms with Gasteiger partial charge >= 0.3 is 0 Å². The van der Waals surface area contributed by atoms with Crippen molar-refractivity contribution in [1.82, 2.24) is 4.90 Å². The maximum absolute atomic E-state index is 13.0. The number of methoxy groups -OCH3 is 1. The number of amides is 2. The van der Waals surface area contributed by atoms with Crippen LogP contribution in [0.25, 0.3) is 6.08 Å². The van der Waals surface area contributed by atoms with E-state index < -0.39 is 11.1 Å². The first kappa shape index (κ1) is 17.0. The van der Waals surface area contributed by atoms with Gasteiger partial charge in [-0.1, -0.05) is 18.2 Å². The number of thioether (sulfide) groups is 1.